The molecule has 5 aromatic rings. The molecular formula is C34H33FNO+. The van der Waals surface area contributed by atoms with Gasteiger partial charge < -0.3 is 4.42 Å². The molecule has 0 bridgehead atoms. The van der Waals surface area contributed by atoms with Crippen molar-refractivity contribution < 1.29 is 13.4 Å². The quantitative estimate of drug-likeness (QED) is 0.231. The first-order valence-corrected chi connectivity index (χ1v) is 13.9. The summed E-state index contributed by atoms with van der Waals surface area (Å²) in [6, 6.07) is 18.5. The molecule has 0 spiro atoms. The third kappa shape index (κ3) is 3.54. The van der Waals surface area contributed by atoms with E-state index in [-0.39, 0.29) is 5.82 Å². The minimum absolute atomic E-state index is 0.222. The van der Waals surface area contributed by atoms with E-state index < -0.39 is 0 Å². The molecule has 3 heteroatoms. The lowest BCUT2D eigenvalue weighted by molar-refractivity contribution is -0.660. The number of furan rings is 1. The molecule has 37 heavy (non-hydrogen) atoms. The zero-order valence-corrected chi connectivity index (χ0v) is 21.7. The summed E-state index contributed by atoms with van der Waals surface area (Å²) in [7, 11) is 2.04. The van der Waals surface area contributed by atoms with Gasteiger partial charge in [0.25, 0.3) is 0 Å². The van der Waals surface area contributed by atoms with E-state index in [9.17, 15) is 0 Å². The van der Waals surface area contributed by atoms with Gasteiger partial charge in [-0.05, 0) is 91.0 Å². The second kappa shape index (κ2) is 8.83. The maximum Gasteiger partial charge on any atom is 0.216 e. The number of rotatable bonds is 3. The van der Waals surface area contributed by atoms with Crippen molar-refractivity contribution in [1.82, 2.24) is 0 Å². The van der Waals surface area contributed by atoms with Crippen molar-refractivity contribution in [2.75, 3.05) is 0 Å². The van der Waals surface area contributed by atoms with Gasteiger partial charge in [0, 0.05) is 23.1 Å². The molecule has 0 atom stereocenters. The second-order valence-electron chi connectivity index (χ2n) is 11.1. The maximum absolute atomic E-state index is 15.5. The lowest BCUT2D eigenvalue weighted by Gasteiger charge is -2.25. The van der Waals surface area contributed by atoms with Crippen molar-refractivity contribution in [3.63, 3.8) is 0 Å². The molecule has 2 aliphatic rings. The third-order valence-electron chi connectivity index (χ3n) is 8.91. The SMILES string of the molecule is Cc1ccc2c(oc3c(-c4ccc(C5CCCCC5)c5c4CCC5)ccc(F)c32)c1-c1cccc[n+]1C. The van der Waals surface area contributed by atoms with Crippen LogP contribution in [-0.4, -0.2) is 0 Å². The molecular weight excluding hydrogens is 457 g/mol. The summed E-state index contributed by atoms with van der Waals surface area (Å²) in [6.45, 7) is 2.10. The summed E-state index contributed by atoms with van der Waals surface area (Å²) in [5, 5.41) is 1.43. The molecule has 2 heterocycles. The Labute approximate surface area is 217 Å². The van der Waals surface area contributed by atoms with Gasteiger partial charge in [-0.3, -0.25) is 0 Å². The number of pyridine rings is 1. The molecule has 2 aliphatic carbocycles. The van der Waals surface area contributed by atoms with Crippen molar-refractivity contribution in [2.45, 2.75) is 64.2 Å². The average Bonchev–Trinajstić information content (AvgIpc) is 3.56. The van der Waals surface area contributed by atoms with Gasteiger partial charge in [0.05, 0.1) is 10.9 Å². The molecule has 0 saturated heterocycles. The number of hydrogen-bond acceptors (Lipinski definition) is 1. The van der Waals surface area contributed by atoms with Gasteiger partial charge in [0.15, 0.2) is 6.20 Å². The summed E-state index contributed by atoms with van der Waals surface area (Å²) in [5.74, 6) is 0.478. The van der Waals surface area contributed by atoms with Crippen LogP contribution in [0.25, 0.3) is 44.3 Å². The van der Waals surface area contributed by atoms with Crippen molar-refractivity contribution >= 4 is 21.9 Å². The Bertz CT molecular complexity index is 1670. The number of hydrogen-bond donors (Lipinski definition) is 0. The van der Waals surface area contributed by atoms with Crippen LogP contribution in [0.3, 0.4) is 0 Å². The second-order valence-corrected chi connectivity index (χ2v) is 11.1. The van der Waals surface area contributed by atoms with Crippen LogP contribution in [0.4, 0.5) is 4.39 Å². The van der Waals surface area contributed by atoms with Gasteiger partial charge in [0.1, 0.15) is 24.0 Å². The number of aryl methyl sites for hydroxylation is 2. The molecule has 1 fully saturated rings. The van der Waals surface area contributed by atoms with E-state index >= 15 is 4.39 Å². The molecule has 0 aliphatic heterocycles. The van der Waals surface area contributed by atoms with Gasteiger partial charge in [-0.2, -0.15) is 0 Å². The Hall–Kier alpha value is -3.46. The van der Waals surface area contributed by atoms with Crippen LogP contribution in [-0.2, 0) is 19.9 Å². The maximum atomic E-state index is 15.5. The van der Waals surface area contributed by atoms with E-state index in [0.717, 1.165) is 46.2 Å². The average molecular weight is 491 g/mol. The summed E-state index contributed by atoms with van der Waals surface area (Å²) >= 11 is 0. The highest BCUT2D eigenvalue weighted by Crippen LogP contribution is 2.45. The molecule has 186 valence electrons. The monoisotopic (exact) mass is 490 g/mol. The molecule has 2 aromatic heterocycles. The predicted octanol–water partition coefficient (Wildman–Crippen LogP) is 8.73. The first kappa shape index (κ1) is 22.7. The number of aromatic nitrogens is 1. The van der Waals surface area contributed by atoms with Crippen molar-refractivity contribution in [2.24, 2.45) is 7.05 Å². The predicted molar refractivity (Wildman–Crippen MR) is 148 cm³/mol. The topological polar surface area (TPSA) is 17.0 Å². The van der Waals surface area contributed by atoms with E-state index in [1.165, 1.54) is 49.7 Å². The van der Waals surface area contributed by atoms with Crippen LogP contribution < -0.4 is 4.57 Å². The van der Waals surface area contributed by atoms with E-state index in [4.69, 9.17) is 4.42 Å². The van der Waals surface area contributed by atoms with Crippen molar-refractivity contribution in [3.8, 4) is 22.4 Å². The van der Waals surface area contributed by atoms with Crippen LogP contribution in [0.2, 0.25) is 0 Å². The Balaban J connectivity index is 1.47. The molecule has 3 aromatic carbocycles. The molecule has 0 unspecified atom stereocenters. The molecule has 0 N–H and O–H groups in total. The van der Waals surface area contributed by atoms with E-state index in [0.29, 0.717) is 16.9 Å². The summed E-state index contributed by atoms with van der Waals surface area (Å²) in [4.78, 5) is 0. The molecule has 0 amide bonds. The number of fused-ring (bicyclic) bond motifs is 4. The first-order chi connectivity index (χ1) is 18.1. The summed E-state index contributed by atoms with van der Waals surface area (Å²) < 4.78 is 24.3. The highest BCUT2D eigenvalue weighted by Gasteiger charge is 2.28. The van der Waals surface area contributed by atoms with Crippen molar-refractivity contribution in [1.29, 1.82) is 0 Å². The Morgan fingerprint density at radius 1 is 0.811 bits per heavy atom. The fraction of sp³-hybridized carbons (Fsp3) is 0.324. The standard InChI is InChI=1S/C34H33FNO/c1-21-14-15-28-32-29(35)19-18-27(33(32)37-34(28)31(21)30-13-6-7-20-36(30)2)26-17-16-23(22-9-4-3-5-10-22)24-11-8-12-25(24)26/h6-7,13-20,22H,3-5,8-12H2,1-2H3/q+1. The van der Waals surface area contributed by atoms with E-state index in [1.54, 1.807) is 17.2 Å². The van der Waals surface area contributed by atoms with Crippen LogP contribution in [0.1, 0.15) is 66.7 Å². The minimum Gasteiger partial charge on any atom is -0.454 e. The van der Waals surface area contributed by atoms with Gasteiger partial charge in [-0.15, -0.1) is 0 Å². The first-order valence-electron chi connectivity index (χ1n) is 13.9. The zero-order chi connectivity index (χ0) is 25.1. The van der Waals surface area contributed by atoms with Crippen LogP contribution in [0.15, 0.2) is 65.2 Å². The minimum atomic E-state index is -0.222. The Morgan fingerprint density at radius 3 is 2.46 bits per heavy atom. The normalized spacial score (nSPS) is 16.1. The summed E-state index contributed by atoms with van der Waals surface area (Å²) in [5.41, 5.74) is 11.5. The largest absolute Gasteiger partial charge is 0.454 e. The Morgan fingerprint density at radius 2 is 1.62 bits per heavy atom. The van der Waals surface area contributed by atoms with Gasteiger partial charge >= 0.3 is 0 Å². The Kier molecular flexibility index (Phi) is 5.42. The van der Waals surface area contributed by atoms with Crippen molar-refractivity contribution in [3.05, 3.63) is 88.9 Å². The van der Waals surface area contributed by atoms with E-state index in [1.807, 2.05) is 37.5 Å². The fourth-order valence-electron chi connectivity index (χ4n) is 7.10. The van der Waals surface area contributed by atoms with E-state index in [2.05, 4.69) is 35.8 Å². The van der Waals surface area contributed by atoms with Crippen LogP contribution in [0.5, 0.6) is 0 Å². The van der Waals surface area contributed by atoms with Gasteiger partial charge in [-0.1, -0.05) is 43.5 Å². The molecule has 7 rings (SSSR count). The number of benzene rings is 3. The lowest BCUT2D eigenvalue weighted by Crippen LogP contribution is -2.30. The highest BCUT2D eigenvalue weighted by molar-refractivity contribution is 6.13. The molecule has 2 nitrogen and oxygen atoms in total. The highest BCUT2D eigenvalue weighted by atomic mass is 19.1. The zero-order valence-electron chi connectivity index (χ0n) is 21.7. The van der Waals surface area contributed by atoms with Crippen LogP contribution in [0, 0.1) is 12.7 Å². The molecule has 0 radical (unpaired) electrons. The number of nitrogens with zero attached hydrogens (tertiary/aromatic N) is 1. The summed E-state index contributed by atoms with van der Waals surface area (Å²) in [6.07, 6.45) is 12.2. The van der Waals surface area contributed by atoms with Gasteiger partial charge in [0.2, 0.25) is 5.69 Å². The number of halogens is 1. The molecule has 1 saturated carbocycles. The smallest absolute Gasteiger partial charge is 0.216 e. The third-order valence-corrected chi connectivity index (χ3v) is 8.91. The lowest BCUT2D eigenvalue weighted by atomic mass is 9.80. The van der Waals surface area contributed by atoms with Gasteiger partial charge in [-0.25, -0.2) is 8.96 Å². The fourth-order valence-corrected chi connectivity index (χ4v) is 7.10. The van der Waals surface area contributed by atoms with Crippen LogP contribution >= 0.6 is 0 Å².